The Morgan fingerprint density at radius 1 is 1.27 bits per heavy atom. The average Bonchev–Trinajstić information content (AvgIpc) is 2.52. The molecule has 1 fully saturated rings. The van der Waals surface area contributed by atoms with Crippen LogP contribution < -0.4 is 11.3 Å². The lowest BCUT2D eigenvalue weighted by molar-refractivity contribution is 0.0369. The number of morpholine rings is 1. The molecule has 2 N–H and O–H groups in total. The van der Waals surface area contributed by atoms with Crippen molar-refractivity contribution in [2.45, 2.75) is 13.0 Å². The van der Waals surface area contributed by atoms with Crippen molar-refractivity contribution >= 4 is 32.8 Å². The summed E-state index contributed by atoms with van der Waals surface area (Å²) in [5, 5.41) is 0.593. The van der Waals surface area contributed by atoms with E-state index in [1.54, 1.807) is 16.7 Å². The number of hydrogen-bond donors (Lipinski definition) is 1. The fourth-order valence-corrected chi connectivity index (χ4v) is 3.06. The Balaban J connectivity index is 1.76. The van der Waals surface area contributed by atoms with Crippen molar-refractivity contribution in [2.75, 3.05) is 38.6 Å². The van der Waals surface area contributed by atoms with E-state index < -0.39 is 0 Å². The highest BCUT2D eigenvalue weighted by Gasteiger charge is 2.12. The zero-order chi connectivity index (χ0) is 15.5. The summed E-state index contributed by atoms with van der Waals surface area (Å²) in [6, 6.07) is 5.45. The van der Waals surface area contributed by atoms with Crippen LogP contribution in [0.5, 0.6) is 0 Å². The molecule has 3 rings (SSSR count). The highest BCUT2D eigenvalue weighted by molar-refractivity contribution is 9.10. The smallest absolute Gasteiger partial charge is 0.262 e. The maximum Gasteiger partial charge on any atom is 0.262 e. The molecule has 1 aromatic heterocycles. The van der Waals surface area contributed by atoms with Gasteiger partial charge in [0.2, 0.25) is 5.95 Å². The van der Waals surface area contributed by atoms with Crippen LogP contribution in [0.25, 0.3) is 10.9 Å². The quantitative estimate of drug-likeness (QED) is 0.886. The monoisotopic (exact) mass is 366 g/mol. The van der Waals surface area contributed by atoms with Crippen LogP contribution in [0, 0.1) is 0 Å². The second kappa shape index (κ2) is 6.76. The van der Waals surface area contributed by atoms with Gasteiger partial charge in [0, 0.05) is 30.7 Å². The first-order chi connectivity index (χ1) is 10.6. The van der Waals surface area contributed by atoms with Gasteiger partial charge in [0.1, 0.15) is 0 Å². The van der Waals surface area contributed by atoms with E-state index in [2.05, 4.69) is 25.8 Å². The van der Waals surface area contributed by atoms with Crippen LogP contribution in [0.3, 0.4) is 0 Å². The van der Waals surface area contributed by atoms with Gasteiger partial charge in [-0.3, -0.25) is 14.3 Å². The van der Waals surface area contributed by atoms with Crippen LogP contribution in [0.15, 0.2) is 27.5 Å². The normalized spacial score (nSPS) is 16.2. The summed E-state index contributed by atoms with van der Waals surface area (Å²) >= 11 is 3.39. The molecule has 7 heteroatoms. The fraction of sp³-hybridized carbons (Fsp3) is 0.467. The Morgan fingerprint density at radius 2 is 2.05 bits per heavy atom. The van der Waals surface area contributed by atoms with Gasteiger partial charge in [-0.1, -0.05) is 15.9 Å². The predicted molar refractivity (Wildman–Crippen MR) is 90.0 cm³/mol. The minimum absolute atomic E-state index is 0.0780. The van der Waals surface area contributed by atoms with Gasteiger partial charge in [0.15, 0.2) is 0 Å². The lowest BCUT2D eigenvalue weighted by atomic mass is 10.2. The Kier molecular flexibility index (Phi) is 4.75. The van der Waals surface area contributed by atoms with Gasteiger partial charge in [-0.15, -0.1) is 0 Å². The predicted octanol–water partition coefficient (Wildman–Crippen LogP) is 1.46. The number of rotatable bonds is 4. The molecule has 2 aromatic rings. The van der Waals surface area contributed by atoms with Crippen molar-refractivity contribution in [1.82, 2.24) is 14.5 Å². The number of hydrogen-bond acceptors (Lipinski definition) is 5. The first-order valence-electron chi connectivity index (χ1n) is 7.41. The number of nitrogen functional groups attached to an aromatic ring is 1. The van der Waals surface area contributed by atoms with Crippen molar-refractivity contribution in [3.8, 4) is 0 Å². The molecule has 1 saturated heterocycles. The molecule has 0 spiro atoms. The molecule has 1 aromatic carbocycles. The SMILES string of the molecule is Nc1nc2ccc(Br)cc2c(=O)n1CCCN1CCOCC1. The Bertz CT molecular complexity index is 725. The van der Waals surface area contributed by atoms with Gasteiger partial charge in [0.05, 0.1) is 24.1 Å². The van der Waals surface area contributed by atoms with Gasteiger partial charge in [-0.25, -0.2) is 4.98 Å². The van der Waals surface area contributed by atoms with Crippen molar-refractivity contribution in [3.05, 3.63) is 33.0 Å². The first kappa shape index (κ1) is 15.5. The third-order valence-electron chi connectivity index (χ3n) is 3.91. The Labute approximate surface area is 137 Å². The summed E-state index contributed by atoms with van der Waals surface area (Å²) in [7, 11) is 0. The molecule has 22 heavy (non-hydrogen) atoms. The second-order valence-corrected chi connectivity index (χ2v) is 6.31. The number of halogens is 1. The van der Waals surface area contributed by atoms with Crippen LogP contribution >= 0.6 is 15.9 Å². The van der Waals surface area contributed by atoms with Crippen molar-refractivity contribution < 1.29 is 4.74 Å². The molecule has 0 radical (unpaired) electrons. The first-order valence-corrected chi connectivity index (χ1v) is 8.20. The van der Waals surface area contributed by atoms with Crippen LogP contribution in [0.4, 0.5) is 5.95 Å². The van der Waals surface area contributed by atoms with Gasteiger partial charge in [-0.05, 0) is 24.6 Å². The molecule has 6 nitrogen and oxygen atoms in total. The standard InChI is InChI=1S/C15H19BrN4O2/c16-11-2-3-13-12(10-11)14(21)20(15(17)18-13)5-1-4-19-6-8-22-9-7-19/h2-3,10H,1,4-9H2,(H2,17,18). The van der Waals surface area contributed by atoms with Gasteiger partial charge < -0.3 is 10.5 Å². The molecule has 0 aliphatic carbocycles. The summed E-state index contributed by atoms with van der Waals surface area (Å²) in [6.07, 6.45) is 0.866. The van der Waals surface area contributed by atoms with E-state index in [9.17, 15) is 4.79 Å². The van der Waals surface area contributed by atoms with Crippen molar-refractivity contribution in [3.63, 3.8) is 0 Å². The zero-order valence-corrected chi connectivity index (χ0v) is 13.9. The van der Waals surface area contributed by atoms with E-state index >= 15 is 0 Å². The summed E-state index contributed by atoms with van der Waals surface area (Å²) in [5.41, 5.74) is 6.51. The molecule has 0 saturated carbocycles. The maximum atomic E-state index is 12.6. The molecule has 0 atom stereocenters. The van der Waals surface area contributed by atoms with E-state index in [0.717, 1.165) is 43.7 Å². The fourth-order valence-electron chi connectivity index (χ4n) is 2.70. The number of benzene rings is 1. The van der Waals surface area contributed by atoms with E-state index in [4.69, 9.17) is 10.5 Å². The van der Waals surface area contributed by atoms with Crippen LogP contribution in [0.2, 0.25) is 0 Å². The van der Waals surface area contributed by atoms with E-state index in [0.29, 0.717) is 17.4 Å². The third kappa shape index (κ3) is 3.31. The Morgan fingerprint density at radius 3 is 2.82 bits per heavy atom. The number of nitrogens with zero attached hydrogens (tertiary/aromatic N) is 3. The molecule has 1 aliphatic heterocycles. The third-order valence-corrected chi connectivity index (χ3v) is 4.40. The van der Waals surface area contributed by atoms with E-state index in [-0.39, 0.29) is 11.5 Å². The molecule has 1 aliphatic rings. The van der Waals surface area contributed by atoms with Crippen LogP contribution in [0.1, 0.15) is 6.42 Å². The zero-order valence-electron chi connectivity index (χ0n) is 12.3. The van der Waals surface area contributed by atoms with Gasteiger partial charge >= 0.3 is 0 Å². The lowest BCUT2D eigenvalue weighted by Crippen LogP contribution is -2.37. The summed E-state index contributed by atoms with van der Waals surface area (Å²) in [5.74, 6) is 0.279. The second-order valence-electron chi connectivity index (χ2n) is 5.40. The highest BCUT2D eigenvalue weighted by Crippen LogP contribution is 2.16. The molecular formula is C15H19BrN4O2. The summed E-state index contributed by atoms with van der Waals surface area (Å²) < 4.78 is 7.76. The molecular weight excluding hydrogens is 348 g/mol. The lowest BCUT2D eigenvalue weighted by Gasteiger charge is -2.26. The summed E-state index contributed by atoms with van der Waals surface area (Å²) in [4.78, 5) is 19.2. The van der Waals surface area contributed by atoms with Crippen LogP contribution in [-0.2, 0) is 11.3 Å². The molecule has 2 heterocycles. The number of anilines is 1. The topological polar surface area (TPSA) is 73.4 Å². The molecule has 0 amide bonds. The van der Waals surface area contributed by atoms with E-state index in [1.807, 2.05) is 6.07 Å². The Hall–Kier alpha value is -1.44. The number of aromatic nitrogens is 2. The minimum Gasteiger partial charge on any atom is -0.379 e. The maximum absolute atomic E-state index is 12.6. The van der Waals surface area contributed by atoms with Crippen molar-refractivity contribution in [2.24, 2.45) is 0 Å². The molecule has 0 unspecified atom stereocenters. The largest absolute Gasteiger partial charge is 0.379 e. The van der Waals surface area contributed by atoms with Crippen LogP contribution in [-0.4, -0.2) is 47.3 Å². The van der Waals surface area contributed by atoms with Crippen molar-refractivity contribution in [1.29, 1.82) is 0 Å². The van der Waals surface area contributed by atoms with E-state index in [1.165, 1.54) is 0 Å². The molecule has 0 bridgehead atoms. The summed E-state index contributed by atoms with van der Waals surface area (Å²) in [6.45, 7) is 4.99. The number of nitrogens with two attached hydrogens (primary N) is 1. The highest BCUT2D eigenvalue weighted by atomic mass is 79.9. The molecule has 118 valence electrons. The van der Waals surface area contributed by atoms with Gasteiger partial charge in [0.25, 0.3) is 5.56 Å². The average molecular weight is 367 g/mol. The minimum atomic E-state index is -0.0780. The number of fused-ring (bicyclic) bond motifs is 1. The van der Waals surface area contributed by atoms with Gasteiger partial charge in [-0.2, -0.15) is 0 Å². The number of ether oxygens (including phenoxy) is 1.